The summed E-state index contributed by atoms with van der Waals surface area (Å²) in [5.74, 6) is -0.204. The molecule has 0 aliphatic carbocycles. The van der Waals surface area contributed by atoms with Crippen molar-refractivity contribution in [3.63, 3.8) is 0 Å². The molecular formula is C26H31ClN4O2. The minimum Gasteiger partial charge on any atom is -0.352 e. The minimum atomic E-state index is -0.104. The second-order valence-electron chi connectivity index (χ2n) is 8.43. The number of carbonyl (C=O) groups is 2. The maximum absolute atomic E-state index is 12.7. The molecule has 0 saturated heterocycles. The highest BCUT2D eigenvalue weighted by molar-refractivity contribution is 6.31. The van der Waals surface area contributed by atoms with Gasteiger partial charge in [-0.3, -0.25) is 9.59 Å². The third-order valence-corrected chi connectivity index (χ3v) is 6.25. The van der Waals surface area contributed by atoms with E-state index in [2.05, 4.69) is 15.7 Å². The minimum absolute atomic E-state index is 0.0999. The Morgan fingerprint density at radius 3 is 2.58 bits per heavy atom. The van der Waals surface area contributed by atoms with Crippen molar-refractivity contribution in [3.05, 3.63) is 81.1 Å². The topological polar surface area (TPSA) is 76.0 Å². The van der Waals surface area contributed by atoms with Crippen molar-refractivity contribution in [3.8, 4) is 5.69 Å². The molecule has 3 aromatic rings. The van der Waals surface area contributed by atoms with Crippen LogP contribution in [-0.4, -0.2) is 27.6 Å². The molecule has 3 rings (SSSR count). The highest BCUT2D eigenvalue weighted by Crippen LogP contribution is 2.23. The first kappa shape index (κ1) is 24.5. The number of benzene rings is 2. The fraction of sp³-hybridized carbons (Fsp3) is 0.346. The van der Waals surface area contributed by atoms with Crippen LogP contribution in [0.3, 0.4) is 0 Å². The molecule has 2 aromatic carbocycles. The van der Waals surface area contributed by atoms with Crippen molar-refractivity contribution < 1.29 is 9.59 Å². The average molecular weight is 467 g/mol. The smallest absolute Gasteiger partial charge is 0.251 e. The lowest BCUT2D eigenvalue weighted by atomic mass is 10.1. The maximum Gasteiger partial charge on any atom is 0.251 e. The van der Waals surface area contributed by atoms with Gasteiger partial charge >= 0.3 is 0 Å². The number of aromatic nitrogens is 2. The molecule has 0 saturated carbocycles. The van der Waals surface area contributed by atoms with E-state index in [-0.39, 0.29) is 24.3 Å². The lowest BCUT2D eigenvalue weighted by Crippen LogP contribution is -2.32. The van der Waals surface area contributed by atoms with E-state index in [1.165, 1.54) is 0 Å². The largest absolute Gasteiger partial charge is 0.352 e. The van der Waals surface area contributed by atoms with Crippen LogP contribution in [0.1, 0.15) is 58.7 Å². The molecule has 1 heterocycles. The van der Waals surface area contributed by atoms with Gasteiger partial charge in [-0.05, 0) is 69.5 Å². The van der Waals surface area contributed by atoms with Gasteiger partial charge in [0.2, 0.25) is 5.91 Å². The van der Waals surface area contributed by atoms with Gasteiger partial charge in [0.1, 0.15) is 0 Å². The van der Waals surface area contributed by atoms with Gasteiger partial charge < -0.3 is 10.6 Å². The average Bonchev–Trinajstić information content (AvgIpc) is 3.07. The summed E-state index contributed by atoms with van der Waals surface area (Å²) in [5.41, 5.74) is 5.94. The fourth-order valence-corrected chi connectivity index (χ4v) is 3.73. The van der Waals surface area contributed by atoms with E-state index in [1.54, 1.807) is 6.07 Å². The number of rotatable bonds is 8. The van der Waals surface area contributed by atoms with Crippen LogP contribution in [0.5, 0.6) is 0 Å². The van der Waals surface area contributed by atoms with Crippen molar-refractivity contribution in [1.82, 2.24) is 20.4 Å². The molecule has 1 atom stereocenters. The van der Waals surface area contributed by atoms with E-state index in [4.69, 9.17) is 11.6 Å². The summed E-state index contributed by atoms with van der Waals surface area (Å²) in [5, 5.41) is 11.2. The van der Waals surface area contributed by atoms with Gasteiger partial charge in [0.15, 0.2) is 0 Å². The molecule has 2 amide bonds. The monoisotopic (exact) mass is 466 g/mol. The Balaban J connectivity index is 1.66. The van der Waals surface area contributed by atoms with Gasteiger partial charge in [0, 0.05) is 34.4 Å². The molecule has 1 aromatic heterocycles. The van der Waals surface area contributed by atoms with Gasteiger partial charge in [0.25, 0.3) is 5.91 Å². The quantitative estimate of drug-likeness (QED) is 0.498. The summed E-state index contributed by atoms with van der Waals surface area (Å²) < 4.78 is 1.82. The van der Waals surface area contributed by atoms with Gasteiger partial charge in [-0.2, -0.15) is 5.10 Å². The van der Waals surface area contributed by atoms with E-state index < -0.39 is 0 Å². The highest BCUT2D eigenvalue weighted by atomic mass is 35.5. The van der Waals surface area contributed by atoms with Gasteiger partial charge in [-0.15, -0.1) is 0 Å². The van der Waals surface area contributed by atoms with Crippen molar-refractivity contribution in [2.45, 2.75) is 60.0 Å². The van der Waals surface area contributed by atoms with Crippen LogP contribution in [0.25, 0.3) is 5.69 Å². The molecular weight excluding hydrogens is 436 g/mol. The SMILES string of the molecule is CCC(C)NC(=O)c1cccc(CNC(=O)Cc2c(C)nn(-c3ccc(C)c(Cl)c3)c2C)c1. The third-order valence-electron chi connectivity index (χ3n) is 5.85. The number of hydrogen-bond donors (Lipinski definition) is 2. The standard InChI is InChI=1S/C26H31ClN4O2/c1-6-17(3)29-26(33)21-9-7-8-20(12-21)15-28-25(32)14-23-18(4)30-31(19(23)5)22-11-10-16(2)24(27)13-22/h7-13,17H,6,14-15H2,1-5H3,(H,28,32)(H,29,33). The van der Waals surface area contributed by atoms with E-state index >= 15 is 0 Å². The molecule has 33 heavy (non-hydrogen) atoms. The number of nitrogens with one attached hydrogen (secondary N) is 2. The Labute approximate surface area is 200 Å². The third kappa shape index (κ3) is 6.02. The van der Waals surface area contributed by atoms with Crippen LogP contribution in [0.2, 0.25) is 5.02 Å². The summed E-state index contributed by atoms with van der Waals surface area (Å²) >= 11 is 6.28. The molecule has 0 aliphatic heterocycles. The molecule has 6 nitrogen and oxygen atoms in total. The lowest BCUT2D eigenvalue weighted by molar-refractivity contribution is -0.120. The maximum atomic E-state index is 12.7. The number of halogens is 1. The van der Waals surface area contributed by atoms with Gasteiger partial charge in [-0.1, -0.05) is 36.7 Å². The first-order valence-corrected chi connectivity index (χ1v) is 11.6. The van der Waals surface area contributed by atoms with Crippen LogP contribution in [0, 0.1) is 20.8 Å². The van der Waals surface area contributed by atoms with Crippen molar-refractivity contribution >= 4 is 23.4 Å². The predicted molar refractivity (Wildman–Crippen MR) is 132 cm³/mol. The van der Waals surface area contributed by atoms with Crippen LogP contribution >= 0.6 is 11.6 Å². The summed E-state index contributed by atoms with van der Waals surface area (Å²) in [4.78, 5) is 25.1. The Hall–Kier alpha value is -3.12. The van der Waals surface area contributed by atoms with Crippen molar-refractivity contribution in [1.29, 1.82) is 0 Å². The van der Waals surface area contributed by atoms with Crippen LogP contribution in [0.4, 0.5) is 0 Å². The summed E-state index contributed by atoms with van der Waals surface area (Å²) in [6.45, 7) is 10.2. The molecule has 2 N–H and O–H groups in total. The normalized spacial score (nSPS) is 11.8. The number of amides is 2. The fourth-order valence-electron chi connectivity index (χ4n) is 3.55. The Morgan fingerprint density at radius 1 is 1.12 bits per heavy atom. The highest BCUT2D eigenvalue weighted by Gasteiger charge is 2.17. The second kappa shape index (κ2) is 10.7. The van der Waals surface area contributed by atoms with E-state index in [1.807, 2.05) is 75.7 Å². The number of carbonyl (C=O) groups excluding carboxylic acids is 2. The number of nitrogens with zero attached hydrogens (tertiary/aromatic N) is 2. The Morgan fingerprint density at radius 2 is 1.88 bits per heavy atom. The summed E-state index contributed by atoms with van der Waals surface area (Å²) in [7, 11) is 0. The van der Waals surface area contributed by atoms with Crippen molar-refractivity contribution in [2.75, 3.05) is 0 Å². The Kier molecular flexibility index (Phi) is 7.92. The molecule has 0 spiro atoms. The number of hydrogen-bond acceptors (Lipinski definition) is 3. The predicted octanol–water partition coefficient (Wildman–Crippen LogP) is 4.84. The molecule has 0 bridgehead atoms. The van der Waals surface area contributed by atoms with Crippen LogP contribution in [0.15, 0.2) is 42.5 Å². The first-order valence-electron chi connectivity index (χ1n) is 11.2. The van der Waals surface area contributed by atoms with Gasteiger partial charge in [-0.25, -0.2) is 4.68 Å². The van der Waals surface area contributed by atoms with Crippen molar-refractivity contribution in [2.24, 2.45) is 0 Å². The van der Waals surface area contributed by atoms with E-state index in [9.17, 15) is 9.59 Å². The molecule has 7 heteroatoms. The zero-order chi connectivity index (χ0) is 24.1. The first-order chi connectivity index (χ1) is 15.7. The zero-order valence-corrected chi connectivity index (χ0v) is 20.6. The zero-order valence-electron chi connectivity index (χ0n) is 19.8. The molecule has 0 aliphatic rings. The lowest BCUT2D eigenvalue weighted by Gasteiger charge is -2.12. The van der Waals surface area contributed by atoms with E-state index in [0.717, 1.165) is 40.2 Å². The number of aryl methyl sites for hydroxylation is 2. The Bertz CT molecular complexity index is 1170. The van der Waals surface area contributed by atoms with Crippen LogP contribution in [-0.2, 0) is 17.8 Å². The van der Waals surface area contributed by atoms with Crippen LogP contribution < -0.4 is 10.6 Å². The summed E-state index contributed by atoms with van der Waals surface area (Å²) in [6, 6.07) is 13.2. The second-order valence-corrected chi connectivity index (χ2v) is 8.84. The summed E-state index contributed by atoms with van der Waals surface area (Å²) in [6.07, 6.45) is 1.10. The van der Waals surface area contributed by atoms with E-state index in [0.29, 0.717) is 17.1 Å². The molecule has 174 valence electrons. The molecule has 0 radical (unpaired) electrons. The molecule has 0 fully saturated rings. The molecule has 1 unspecified atom stereocenters. The van der Waals surface area contributed by atoms with Gasteiger partial charge in [0.05, 0.1) is 17.8 Å².